The fourth-order valence-corrected chi connectivity index (χ4v) is 4.54. The van der Waals surface area contributed by atoms with Gasteiger partial charge in [0.25, 0.3) is 0 Å². The summed E-state index contributed by atoms with van der Waals surface area (Å²) in [7, 11) is 0. The molecule has 0 radical (unpaired) electrons. The summed E-state index contributed by atoms with van der Waals surface area (Å²) < 4.78 is 44.7. The molecule has 2 aromatic carbocycles. The molecule has 1 saturated carbocycles. The predicted octanol–water partition coefficient (Wildman–Crippen LogP) is 8.60. The molecule has 0 saturated heterocycles. The van der Waals surface area contributed by atoms with Gasteiger partial charge in [0, 0.05) is 0 Å². The first-order valence-corrected chi connectivity index (χ1v) is 11.3. The molecule has 1 unspecified atom stereocenters. The average Bonchev–Trinajstić information content (AvgIpc) is 2.76. The molecular weight excluding hydrogens is 385 g/mol. The number of benzene rings is 2. The fraction of sp³-hybridized carbons (Fsp3) is 0.538. The van der Waals surface area contributed by atoms with Gasteiger partial charge in [-0.25, -0.2) is 0 Å². The number of unbranched alkanes of at least 4 members (excludes halogenated alkanes) is 1. The van der Waals surface area contributed by atoms with Crippen molar-refractivity contribution in [2.45, 2.75) is 77.0 Å². The molecule has 4 heteroatoms. The number of hydrogen-bond donors (Lipinski definition) is 0. The average molecular weight is 419 g/mol. The van der Waals surface area contributed by atoms with Crippen molar-refractivity contribution in [2.75, 3.05) is 0 Å². The van der Waals surface area contributed by atoms with E-state index in [-0.39, 0.29) is 6.10 Å². The molecule has 0 bridgehead atoms. The van der Waals surface area contributed by atoms with E-state index in [1.54, 1.807) is 0 Å². The Kier molecular flexibility index (Phi) is 8.24. The lowest BCUT2D eigenvalue weighted by Gasteiger charge is -2.30. The Labute approximate surface area is 178 Å². The van der Waals surface area contributed by atoms with Crippen molar-refractivity contribution in [3.63, 3.8) is 0 Å². The minimum atomic E-state index is -4.33. The second kappa shape index (κ2) is 10.9. The Bertz CT molecular complexity index is 731. The van der Waals surface area contributed by atoms with Crippen LogP contribution >= 0.6 is 0 Å². The zero-order valence-electron chi connectivity index (χ0n) is 17.8. The lowest BCUT2D eigenvalue weighted by atomic mass is 9.77. The number of rotatable bonds is 9. The Morgan fingerprint density at radius 3 is 2.03 bits per heavy atom. The van der Waals surface area contributed by atoms with Crippen LogP contribution in [0.2, 0.25) is 0 Å². The van der Waals surface area contributed by atoms with Crippen molar-refractivity contribution in [3.8, 4) is 5.75 Å². The molecule has 30 heavy (non-hydrogen) atoms. The van der Waals surface area contributed by atoms with Gasteiger partial charge >= 0.3 is 6.18 Å². The van der Waals surface area contributed by atoms with Gasteiger partial charge in [-0.1, -0.05) is 82.2 Å². The summed E-state index contributed by atoms with van der Waals surface area (Å²) in [6.07, 6.45) is 6.75. The summed E-state index contributed by atoms with van der Waals surface area (Å²) >= 11 is 0. The van der Waals surface area contributed by atoms with Crippen LogP contribution in [0.4, 0.5) is 13.2 Å². The molecule has 0 N–H and O–H groups in total. The SMILES string of the molecule is CCCCC1CCC(CCC(Oc2ccc(C(F)(F)F)cc2)c2ccccc2)CC1. The number of halogens is 3. The third kappa shape index (κ3) is 6.78. The van der Waals surface area contributed by atoms with Gasteiger partial charge < -0.3 is 4.74 Å². The highest BCUT2D eigenvalue weighted by Crippen LogP contribution is 2.37. The largest absolute Gasteiger partial charge is 0.486 e. The molecule has 0 aliphatic heterocycles. The van der Waals surface area contributed by atoms with Crippen molar-refractivity contribution in [1.29, 1.82) is 0 Å². The van der Waals surface area contributed by atoms with E-state index in [1.165, 1.54) is 57.1 Å². The van der Waals surface area contributed by atoms with Gasteiger partial charge in [0.1, 0.15) is 11.9 Å². The Hall–Kier alpha value is -1.97. The van der Waals surface area contributed by atoms with Crippen molar-refractivity contribution >= 4 is 0 Å². The third-order valence-electron chi connectivity index (χ3n) is 6.40. The maximum absolute atomic E-state index is 12.8. The highest BCUT2D eigenvalue weighted by atomic mass is 19.4. The van der Waals surface area contributed by atoms with Crippen LogP contribution in [0.25, 0.3) is 0 Å². The second-order valence-corrected chi connectivity index (χ2v) is 8.65. The summed E-state index contributed by atoms with van der Waals surface area (Å²) in [6, 6.07) is 15.1. The maximum atomic E-state index is 12.8. The van der Waals surface area contributed by atoms with Gasteiger partial charge in [-0.2, -0.15) is 13.2 Å². The van der Waals surface area contributed by atoms with Crippen molar-refractivity contribution in [3.05, 3.63) is 65.7 Å². The second-order valence-electron chi connectivity index (χ2n) is 8.65. The lowest BCUT2D eigenvalue weighted by Crippen LogP contribution is -2.16. The van der Waals surface area contributed by atoms with Gasteiger partial charge in [-0.15, -0.1) is 0 Å². The molecule has 0 heterocycles. The van der Waals surface area contributed by atoms with E-state index >= 15 is 0 Å². The molecule has 0 amide bonds. The molecule has 3 rings (SSSR count). The highest BCUT2D eigenvalue weighted by Gasteiger charge is 2.30. The monoisotopic (exact) mass is 418 g/mol. The van der Waals surface area contributed by atoms with Gasteiger partial charge in [-0.05, 0) is 54.5 Å². The van der Waals surface area contributed by atoms with Gasteiger partial charge in [0.15, 0.2) is 0 Å². The van der Waals surface area contributed by atoms with Gasteiger partial charge in [-0.3, -0.25) is 0 Å². The van der Waals surface area contributed by atoms with Crippen LogP contribution in [0.3, 0.4) is 0 Å². The molecule has 0 spiro atoms. The third-order valence-corrected chi connectivity index (χ3v) is 6.40. The van der Waals surface area contributed by atoms with Crippen LogP contribution in [0.5, 0.6) is 5.75 Å². The van der Waals surface area contributed by atoms with Crippen molar-refractivity contribution in [2.24, 2.45) is 11.8 Å². The molecule has 164 valence electrons. The fourth-order valence-electron chi connectivity index (χ4n) is 4.54. The smallest absolute Gasteiger partial charge is 0.416 e. The Morgan fingerprint density at radius 1 is 0.867 bits per heavy atom. The molecule has 1 aliphatic rings. The first-order valence-electron chi connectivity index (χ1n) is 11.3. The van der Waals surface area contributed by atoms with E-state index in [2.05, 4.69) is 6.92 Å². The summed E-state index contributed by atoms with van der Waals surface area (Å²) in [5, 5.41) is 0. The molecular formula is C26H33F3O. The van der Waals surface area contributed by atoms with E-state index in [1.807, 2.05) is 30.3 Å². The number of alkyl halides is 3. The van der Waals surface area contributed by atoms with E-state index in [0.29, 0.717) is 5.75 Å². The molecule has 1 aliphatic carbocycles. The highest BCUT2D eigenvalue weighted by molar-refractivity contribution is 5.30. The van der Waals surface area contributed by atoms with Gasteiger partial charge in [0.05, 0.1) is 5.56 Å². The van der Waals surface area contributed by atoms with E-state index in [9.17, 15) is 13.2 Å². The summed E-state index contributed by atoms with van der Waals surface area (Å²) in [5.74, 6) is 2.11. The van der Waals surface area contributed by atoms with Crippen LogP contribution in [0.1, 0.15) is 81.9 Å². The minimum Gasteiger partial charge on any atom is -0.486 e. The van der Waals surface area contributed by atoms with Crippen LogP contribution < -0.4 is 4.74 Å². The summed E-state index contributed by atoms with van der Waals surface area (Å²) in [4.78, 5) is 0. The van der Waals surface area contributed by atoms with Crippen molar-refractivity contribution in [1.82, 2.24) is 0 Å². The topological polar surface area (TPSA) is 9.23 Å². The molecule has 0 aromatic heterocycles. The van der Waals surface area contributed by atoms with Crippen LogP contribution in [-0.4, -0.2) is 0 Å². The Morgan fingerprint density at radius 2 is 1.47 bits per heavy atom. The number of ether oxygens (including phenoxy) is 1. The summed E-state index contributed by atoms with van der Waals surface area (Å²) in [6.45, 7) is 2.26. The van der Waals surface area contributed by atoms with Crippen LogP contribution in [0.15, 0.2) is 54.6 Å². The number of hydrogen-bond acceptors (Lipinski definition) is 1. The van der Waals surface area contributed by atoms with E-state index in [0.717, 1.165) is 42.4 Å². The summed E-state index contributed by atoms with van der Waals surface area (Å²) in [5.41, 5.74) is 0.431. The normalized spacial score (nSPS) is 20.7. The zero-order chi connectivity index (χ0) is 21.4. The van der Waals surface area contributed by atoms with E-state index in [4.69, 9.17) is 4.74 Å². The molecule has 1 nitrogen and oxygen atoms in total. The first kappa shape index (κ1) is 22.7. The standard InChI is InChI=1S/C26H33F3O/c1-2-3-7-20-10-12-21(13-11-20)14-19-25(22-8-5-4-6-9-22)30-24-17-15-23(16-18-24)26(27,28)29/h4-6,8-9,15-18,20-21,25H,2-3,7,10-14,19H2,1H3. The van der Waals surface area contributed by atoms with Crippen LogP contribution in [0, 0.1) is 11.8 Å². The molecule has 1 fully saturated rings. The Balaban J connectivity index is 1.59. The minimum absolute atomic E-state index is 0.138. The quantitative estimate of drug-likeness (QED) is 0.396. The van der Waals surface area contributed by atoms with Crippen molar-refractivity contribution < 1.29 is 17.9 Å². The lowest BCUT2D eigenvalue weighted by molar-refractivity contribution is -0.137. The van der Waals surface area contributed by atoms with Gasteiger partial charge in [0.2, 0.25) is 0 Å². The zero-order valence-corrected chi connectivity index (χ0v) is 17.8. The molecule has 1 atom stereocenters. The first-order chi connectivity index (χ1) is 14.5. The predicted molar refractivity (Wildman–Crippen MR) is 115 cm³/mol. The molecule has 2 aromatic rings. The van der Waals surface area contributed by atoms with Crippen LogP contribution in [-0.2, 0) is 6.18 Å². The van der Waals surface area contributed by atoms with E-state index < -0.39 is 11.7 Å². The maximum Gasteiger partial charge on any atom is 0.416 e.